The van der Waals surface area contributed by atoms with Crippen LogP contribution in [0.4, 0.5) is 4.79 Å². The summed E-state index contributed by atoms with van der Waals surface area (Å²) < 4.78 is 0. The molecule has 4 fully saturated rings. The molecule has 6 heteroatoms. The Morgan fingerprint density at radius 3 is 2.39 bits per heavy atom. The molecule has 186 valence electrons. The van der Waals surface area contributed by atoms with Crippen molar-refractivity contribution >= 4 is 17.8 Å². The van der Waals surface area contributed by atoms with E-state index in [1.807, 2.05) is 6.92 Å². The van der Waals surface area contributed by atoms with Crippen molar-refractivity contribution in [1.82, 2.24) is 15.5 Å². The molecule has 0 unspecified atom stereocenters. The highest BCUT2D eigenvalue weighted by atomic mass is 16.2. The zero-order chi connectivity index (χ0) is 24.2. The molecule has 4 rings (SSSR count). The second kappa shape index (κ2) is 8.57. The maximum atomic E-state index is 13.9. The van der Waals surface area contributed by atoms with E-state index in [1.54, 1.807) is 0 Å². The van der Waals surface area contributed by atoms with Gasteiger partial charge in [0.2, 0.25) is 11.8 Å². The van der Waals surface area contributed by atoms with Gasteiger partial charge in [0.25, 0.3) is 0 Å². The predicted molar refractivity (Wildman–Crippen MR) is 129 cm³/mol. The maximum absolute atomic E-state index is 13.9. The highest BCUT2D eigenvalue weighted by molar-refractivity contribution is 5.96. The number of imide groups is 1. The molecule has 6 nitrogen and oxygen atoms in total. The first-order valence-corrected chi connectivity index (χ1v) is 13.3. The summed E-state index contributed by atoms with van der Waals surface area (Å²) in [5, 5.41) is 6.18. The largest absolute Gasteiger partial charge is 0.353 e. The summed E-state index contributed by atoms with van der Waals surface area (Å²) in [5.41, 5.74) is -0.00275. The molecule has 1 heterocycles. The number of piperidine rings is 1. The summed E-state index contributed by atoms with van der Waals surface area (Å²) in [4.78, 5) is 40.4. The second-order valence-corrected chi connectivity index (χ2v) is 13.1. The summed E-state index contributed by atoms with van der Waals surface area (Å²) in [6.45, 7) is 13.9. The summed E-state index contributed by atoms with van der Waals surface area (Å²) in [5.74, 6) is 1.95. The first-order chi connectivity index (χ1) is 15.4. The topological polar surface area (TPSA) is 78.5 Å². The Morgan fingerprint density at radius 1 is 1.03 bits per heavy atom. The highest BCUT2D eigenvalue weighted by Crippen LogP contribution is 2.65. The van der Waals surface area contributed by atoms with E-state index in [-0.39, 0.29) is 40.0 Å². The first-order valence-electron chi connectivity index (χ1n) is 13.3. The molecule has 3 aliphatic carbocycles. The van der Waals surface area contributed by atoms with Crippen molar-refractivity contribution < 1.29 is 14.4 Å². The van der Waals surface area contributed by atoms with Gasteiger partial charge in [-0.1, -0.05) is 34.6 Å². The van der Waals surface area contributed by atoms with Gasteiger partial charge in [-0.3, -0.25) is 14.5 Å². The molecule has 1 saturated heterocycles. The minimum atomic E-state index is -0.246. The molecule has 0 radical (unpaired) electrons. The molecular formula is C27H45N3O3. The van der Waals surface area contributed by atoms with Crippen molar-refractivity contribution in [2.24, 2.45) is 39.9 Å². The van der Waals surface area contributed by atoms with Crippen LogP contribution >= 0.6 is 0 Å². The lowest BCUT2D eigenvalue weighted by molar-refractivity contribution is -0.146. The Hall–Kier alpha value is -1.59. The zero-order valence-corrected chi connectivity index (χ0v) is 21.6. The predicted octanol–water partition coefficient (Wildman–Crippen LogP) is 4.73. The van der Waals surface area contributed by atoms with Crippen LogP contribution in [0.5, 0.6) is 0 Å². The van der Waals surface area contributed by atoms with Gasteiger partial charge < -0.3 is 10.6 Å². The number of carbonyl (C=O) groups is 3. The summed E-state index contributed by atoms with van der Waals surface area (Å²) >= 11 is 0. The Morgan fingerprint density at radius 2 is 1.73 bits per heavy atom. The van der Waals surface area contributed by atoms with Crippen LogP contribution in [0.25, 0.3) is 0 Å². The van der Waals surface area contributed by atoms with Gasteiger partial charge in [0.05, 0.1) is 0 Å². The molecule has 0 spiro atoms. The molecule has 3 saturated carbocycles. The number of urea groups is 1. The average molecular weight is 460 g/mol. The third-order valence-corrected chi connectivity index (χ3v) is 9.86. The van der Waals surface area contributed by atoms with Gasteiger partial charge in [0, 0.05) is 31.5 Å². The minimum Gasteiger partial charge on any atom is -0.353 e. The van der Waals surface area contributed by atoms with Gasteiger partial charge in [-0.2, -0.15) is 0 Å². The van der Waals surface area contributed by atoms with Crippen molar-refractivity contribution in [3.8, 4) is 0 Å². The first kappa shape index (κ1) is 24.5. The molecule has 0 aromatic carbocycles. The number of fused-ring (bicyclic) bond motifs is 5. The molecular weight excluding hydrogens is 414 g/mol. The summed E-state index contributed by atoms with van der Waals surface area (Å²) in [6, 6.07) is 0.0623. The number of hydrogen-bond acceptors (Lipinski definition) is 3. The van der Waals surface area contributed by atoms with Crippen LogP contribution in [-0.2, 0) is 9.59 Å². The number of carbonyl (C=O) groups excluding carboxylic acids is 3. The van der Waals surface area contributed by atoms with E-state index in [2.05, 4.69) is 45.3 Å². The van der Waals surface area contributed by atoms with E-state index in [4.69, 9.17) is 0 Å². The van der Waals surface area contributed by atoms with Crippen molar-refractivity contribution in [3.63, 3.8) is 0 Å². The van der Waals surface area contributed by atoms with Gasteiger partial charge in [0.15, 0.2) is 0 Å². The van der Waals surface area contributed by atoms with Crippen molar-refractivity contribution in [2.75, 3.05) is 13.1 Å². The molecule has 0 aromatic rings. The van der Waals surface area contributed by atoms with Gasteiger partial charge >= 0.3 is 6.03 Å². The lowest BCUT2D eigenvalue weighted by Crippen LogP contribution is -2.61. The maximum Gasteiger partial charge on any atom is 0.324 e. The van der Waals surface area contributed by atoms with E-state index in [1.165, 1.54) is 4.90 Å². The molecule has 4 amide bonds. The Bertz CT molecular complexity index is 805. The third-order valence-electron chi connectivity index (χ3n) is 9.86. The molecule has 0 aromatic heterocycles. The molecule has 7 atom stereocenters. The second-order valence-electron chi connectivity index (χ2n) is 13.1. The number of nitrogens with zero attached hydrogens (tertiary/aromatic N) is 1. The van der Waals surface area contributed by atoms with E-state index < -0.39 is 0 Å². The molecule has 33 heavy (non-hydrogen) atoms. The van der Waals surface area contributed by atoms with Crippen molar-refractivity contribution in [1.29, 1.82) is 0 Å². The Labute approximate surface area is 200 Å². The fraction of sp³-hybridized carbons (Fsp3) is 0.889. The van der Waals surface area contributed by atoms with Crippen LogP contribution in [0.1, 0.15) is 92.9 Å². The van der Waals surface area contributed by atoms with Crippen LogP contribution in [0.15, 0.2) is 0 Å². The zero-order valence-electron chi connectivity index (χ0n) is 21.6. The smallest absolute Gasteiger partial charge is 0.324 e. The van der Waals surface area contributed by atoms with Crippen LogP contribution in [0.3, 0.4) is 0 Å². The highest BCUT2D eigenvalue weighted by Gasteiger charge is 2.62. The van der Waals surface area contributed by atoms with Crippen LogP contribution in [0, 0.1) is 39.9 Å². The van der Waals surface area contributed by atoms with E-state index >= 15 is 0 Å². The number of amides is 4. The van der Waals surface area contributed by atoms with Crippen LogP contribution in [-0.4, -0.2) is 41.9 Å². The van der Waals surface area contributed by atoms with Gasteiger partial charge in [-0.05, 0) is 85.9 Å². The van der Waals surface area contributed by atoms with Crippen molar-refractivity contribution in [3.05, 3.63) is 0 Å². The number of hydrogen-bond donors (Lipinski definition) is 2. The quantitative estimate of drug-likeness (QED) is 0.640. The molecule has 4 aliphatic rings. The standard InChI is InChI=1S/C27H45N3O3/c1-7-28-24(33)30(16-25(2,3)4)23(32)20-10-9-18-17-8-11-21-27(6,15-13-22(31)29-21)19(17)12-14-26(18,20)5/h17-21H,7-16H2,1-6H3,(H,28,33)(H,29,31)/t17-,18-,19-,20+,21+,26-,27+/m0/s1. The summed E-state index contributed by atoms with van der Waals surface area (Å²) in [6.07, 6.45) is 7.99. The lowest BCUT2D eigenvalue weighted by Gasteiger charge is -2.60. The fourth-order valence-corrected chi connectivity index (χ4v) is 8.27. The normalized spacial score (nSPS) is 40.2. The molecule has 2 N–H and O–H groups in total. The molecule has 0 bridgehead atoms. The average Bonchev–Trinajstić information content (AvgIpc) is 3.09. The third kappa shape index (κ3) is 4.20. The Balaban J connectivity index is 1.56. The Kier molecular flexibility index (Phi) is 6.37. The van der Waals surface area contributed by atoms with Crippen LogP contribution in [0.2, 0.25) is 0 Å². The van der Waals surface area contributed by atoms with E-state index in [0.717, 1.165) is 44.9 Å². The molecule has 1 aliphatic heterocycles. The van der Waals surface area contributed by atoms with Gasteiger partial charge in [0.1, 0.15) is 0 Å². The van der Waals surface area contributed by atoms with Crippen molar-refractivity contribution in [2.45, 2.75) is 99.0 Å². The summed E-state index contributed by atoms with van der Waals surface area (Å²) in [7, 11) is 0. The number of rotatable bonds is 3. The van der Waals surface area contributed by atoms with E-state index in [0.29, 0.717) is 43.3 Å². The van der Waals surface area contributed by atoms with Gasteiger partial charge in [-0.25, -0.2) is 4.79 Å². The van der Waals surface area contributed by atoms with E-state index in [9.17, 15) is 14.4 Å². The van der Waals surface area contributed by atoms with Gasteiger partial charge in [-0.15, -0.1) is 0 Å². The van der Waals surface area contributed by atoms with Crippen LogP contribution < -0.4 is 10.6 Å². The number of nitrogens with one attached hydrogen (secondary N) is 2. The monoisotopic (exact) mass is 459 g/mol. The lowest BCUT2D eigenvalue weighted by atomic mass is 9.47. The minimum absolute atomic E-state index is 0.0316. The fourth-order valence-electron chi connectivity index (χ4n) is 8.27. The SMILES string of the molecule is CCNC(=O)N(CC(C)(C)C)C(=O)[C@H]1CC[C@H]2[C@@H]3CC[C@H]4NC(=O)CC[C@]4(C)[C@H]3CC[C@]12C.